The number of fused-ring (bicyclic) bond motifs is 1. The monoisotopic (exact) mass is 344 g/mol. The van der Waals surface area contributed by atoms with Crippen molar-refractivity contribution in [2.75, 3.05) is 17.8 Å². The Balaban J connectivity index is 2.44. The Kier molecular flexibility index (Phi) is 5.84. The summed E-state index contributed by atoms with van der Waals surface area (Å²) >= 11 is 9.25. The molecule has 1 aromatic carbocycles. The molecule has 0 spiro atoms. The first-order valence-electron chi connectivity index (χ1n) is 6.54. The van der Waals surface area contributed by atoms with Crippen molar-refractivity contribution in [3.05, 3.63) is 23.2 Å². The van der Waals surface area contributed by atoms with Crippen LogP contribution < -0.4 is 0 Å². The Morgan fingerprint density at radius 2 is 2.29 bits per heavy atom. The molecule has 0 bridgehead atoms. The van der Waals surface area contributed by atoms with Crippen LogP contribution in [-0.2, 0) is 4.79 Å². The molecule has 4 nitrogen and oxygen atoms in total. The summed E-state index contributed by atoms with van der Waals surface area (Å²) in [6, 6.07) is 5.93. The summed E-state index contributed by atoms with van der Waals surface area (Å²) in [5.74, 6) is 0.196. The van der Waals surface area contributed by atoms with Crippen molar-refractivity contribution in [1.82, 2.24) is 9.55 Å². The normalized spacial score (nSPS) is 12.7. The third-order valence-electron chi connectivity index (χ3n) is 3.14. The van der Waals surface area contributed by atoms with Gasteiger partial charge in [0.2, 0.25) is 0 Å². The lowest BCUT2D eigenvalue weighted by atomic mass is 10.2. The van der Waals surface area contributed by atoms with Crippen molar-refractivity contribution in [3.8, 4) is 0 Å². The molecular formula is C14H17ClN2O2S2. The average Bonchev–Trinajstić information content (AvgIpc) is 2.82. The van der Waals surface area contributed by atoms with E-state index >= 15 is 0 Å². The van der Waals surface area contributed by atoms with Gasteiger partial charge in [-0.05, 0) is 37.5 Å². The number of carboxylic acids is 1. The molecule has 0 amide bonds. The molecule has 7 heteroatoms. The highest BCUT2D eigenvalue weighted by Crippen LogP contribution is 2.32. The summed E-state index contributed by atoms with van der Waals surface area (Å²) in [6.45, 7) is 2.13. The van der Waals surface area contributed by atoms with Gasteiger partial charge >= 0.3 is 5.97 Å². The first kappa shape index (κ1) is 16.5. The predicted octanol–water partition coefficient (Wildman–Crippen LogP) is 4.18. The van der Waals surface area contributed by atoms with Gasteiger partial charge in [0.15, 0.2) is 5.16 Å². The van der Waals surface area contributed by atoms with Gasteiger partial charge in [-0.25, -0.2) is 4.98 Å². The van der Waals surface area contributed by atoms with Crippen LogP contribution in [0.4, 0.5) is 0 Å². The Morgan fingerprint density at radius 3 is 2.95 bits per heavy atom. The third kappa shape index (κ3) is 3.87. The largest absolute Gasteiger partial charge is 0.481 e. The number of nitrogens with zero attached hydrogens (tertiary/aromatic N) is 2. The molecule has 0 radical (unpaired) electrons. The predicted molar refractivity (Wildman–Crippen MR) is 90.8 cm³/mol. The van der Waals surface area contributed by atoms with Crippen molar-refractivity contribution in [1.29, 1.82) is 0 Å². The number of carboxylic acid groups (broad SMARTS) is 1. The van der Waals surface area contributed by atoms with Crippen LogP contribution in [0.2, 0.25) is 5.02 Å². The van der Waals surface area contributed by atoms with Gasteiger partial charge in [-0.1, -0.05) is 29.4 Å². The molecule has 1 N–H and O–H groups in total. The second kappa shape index (κ2) is 7.42. The molecule has 0 aliphatic carbocycles. The fraction of sp³-hybridized carbons (Fsp3) is 0.429. The van der Waals surface area contributed by atoms with E-state index in [0.29, 0.717) is 10.2 Å². The van der Waals surface area contributed by atoms with Crippen LogP contribution in [0.15, 0.2) is 23.4 Å². The summed E-state index contributed by atoms with van der Waals surface area (Å²) < 4.78 is 2.10. The van der Waals surface area contributed by atoms with Crippen LogP contribution >= 0.6 is 35.1 Å². The SMILES string of the molecule is CSCCC(C)n1c(SCC(=O)O)nc2c(Cl)cccc21. The first-order valence-corrected chi connectivity index (χ1v) is 9.30. The number of aliphatic carboxylic acids is 1. The molecular weight excluding hydrogens is 328 g/mol. The number of imidazole rings is 1. The van der Waals surface area contributed by atoms with Crippen LogP contribution in [0.25, 0.3) is 11.0 Å². The van der Waals surface area contributed by atoms with Gasteiger partial charge < -0.3 is 9.67 Å². The molecule has 1 aromatic heterocycles. The van der Waals surface area contributed by atoms with E-state index in [9.17, 15) is 4.79 Å². The summed E-state index contributed by atoms with van der Waals surface area (Å²) in [6.07, 6.45) is 3.08. The standard InChI is InChI=1S/C14H17ClN2O2S2/c1-9(6-7-20-2)17-11-5-3-4-10(15)13(11)16-14(17)21-8-12(18)19/h3-5,9H,6-8H2,1-2H3,(H,18,19). The van der Waals surface area contributed by atoms with Gasteiger partial charge in [-0.3, -0.25) is 4.79 Å². The van der Waals surface area contributed by atoms with Gasteiger partial charge in [0.1, 0.15) is 5.52 Å². The molecule has 1 atom stereocenters. The lowest BCUT2D eigenvalue weighted by molar-refractivity contribution is -0.133. The highest BCUT2D eigenvalue weighted by Gasteiger charge is 2.18. The van der Waals surface area contributed by atoms with E-state index in [-0.39, 0.29) is 11.8 Å². The van der Waals surface area contributed by atoms with Crippen LogP contribution in [0.3, 0.4) is 0 Å². The van der Waals surface area contributed by atoms with E-state index in [2.05, 4.69) is 22.7 Å². The van der Waals surface area contributed by atoms with E-state index in [4.69, 9.17) is 16.7 Å². The van der Waals surface area contributed by atoms with Crippen molar-refractivity contribution in [2.45, 2.75) is 24.5 Å². The quantitative estimate of drug-likeness (QED) is 0.763. The molecule has 2 rings (SSSR count). The number of para-hydroxylation sites is 1. The van der Waals surface area contributed by atoms with Crippen molar-refractivity contribution >= 4 is 52.1 Å². The maximum atomic E-state index is 10.8. The van der Waals surface area contributed by atoms with Crippen LogP contribution in [0, 0.1) is 0 Å². The van der Waals surface area contributed by atoms with E-state index in [1.165, 1.54) is 11.8 Å². The molecule has 0 aliphatic rings. The minimum Gasteiger partial charge on any atom is -0.481 e. The summed E-state index contributed by atoms with van der Waals surface area (Å²) in [4.78, 5) is 15.4. The molecule has 1 unspecified atom stereocenters. The summed E-state index contributed by atoms with van der Waals surface area (Å²) in [5, 5.41) is 10.2. The van der Waals surface area contributed by atoms with Crippen molar-refractivity contribution < 1.29 is 9.90 Å². The molecule has 114 valence electrons. The number of benzene rings is 1. The highest BCUT2D eigenvalue weighted by molar-refractivity contribution is 7.99. The maximum absolute atomic E-state index is 10.8. The van der Waals surface area contributed by atoms with Crippen LogP contribution in [0.1, 0.15) is 19.4 Å². The fourth-order valence-corrected chi connectivity index (χ4v) is 3.75. The number of carbonyl (C=O) groups is 1. The third-order valence-corrected chi connectivity index (χ3v) is 5.03. The summed E-state index contributed by atoms with van der Waals surface area (Å²) in [7, 11) is 0. The topological polar surface area (TPSA) is 55.1 Å². The van der Waals surface area contributed by atoms with E-state index in [1.807, 2.05) is 12.1 Å². The zero-order valence-corrected chi connectivity index (χ0v) is 14.3. The van der Waals surface area contributed by atoms with Crippen LogP contribution in [0.5, 0.6) is 0 Å². The molecule has 0 saturated heterocycles. The highest BCUT2D eigenvalue weighted by atomic mass is 35.5. The van der Waals surface area contributed by atoms with E-state index in [0.717, 1.165) is 23.2 Å². The number of hydrogen-bond acceptors (Lipinski definition) is 4. The molecule has 0 saturated carbocycles. The lowest BCUT2D eigenvalue weighted by Gasteiger charge is -2.16. The van der Waals surface area contributed by atoms with Crippen molar-refractivity contribution in [3.63, 3.8) is 0 Å². The minimum absolute atomic E-state index is 0.00378. The Labute approximate surface area is 137 Å². The zero-order chi connectivity index (χ0) is 15.4. The van der Waals surface area contributed by atoms with E-state index < -0.39 is 5.97 Å². The number of rotatable bonds is 7. The van der Waals surface area contributed by atoms with Crippen LogP contribution in [-0.4, -0.2) is 38.4 Å². The Morgan fingerprint density at radius 1 is 1.52 bits per heavy atom. The Hall–Kier alpha value is -0.850. The lowest BCUT2D eigenvalue weighted by Crippen LogP contribution is -2.09. The number of thioether (sulfide) groups is 2. The summed E-state index contributed by atoms with van der Waals surface area (Å²) in [5.41, 5.74) is 1.70. The molecule has 0 fully saturated rings. The zero-order valence-electron chi connectivity index (χ0n) is 11.9. The van der Waals surface area contributed by atoms with E-state index in [1.54, 1.807) is 17.8 Å². The molecule has 2 aromatic rings. The smallest absolute Gasteiger partial charge is 0.313 e. The van der Waals surface area contributed by atoms with Gasteiger partial charge in [0, 0.05) is 6.04 Å². The van der Waals surface area contributed by atoms with Crippen molar-refractivity contribution in [2.24, 2.45) is 0 Å². The van der Waals surface area contributed by atoms with Gasteiger partial charge in [0.25, 0.3) is 0 Å². The minimum atomic E-state index is -0.846. The van der Waals surface area contributed by atoms with Gasteiger partial charge in [0.05, 0.1) is 16.3 Å². The Bertz CT molecular complexity index is 645. The molecule has 1 heterocycles. The molecule has 21 heavy (non-hydrogen) atoms. The number of hydrogen-bond donors (Lipinski definition) is 1. The van der Waals surface area contributed by atoms with Gasteiger partial charge in [-0.2, -0.15) is 11.8 Å². The number of halogens is 1. The second-order valence-corrected chi connectivity index (χ2v) is 7.02. The van der Waals surface area contributed by atoms with Gasteiger partial charge in [-0.15, -0.1) is 0 Å². The first-order chi connectivity index (χ1) is 10.0. The second-order valence-electron chi connectivity index (χ2n) is 4.68. The molecule has 0 aliphatic heterocycles. The number of aromatic nitrogens is 2. The average molecular weight is 345 g/mol. The fourth-order valence-electron chi connectivity index (χ4n) is 2.13. The maximum Gasteiger partial charge on any atom is 0.313 e.